The van der Waals surface area contributed by atoms with Crippen molar-refractivity contribution in [2.24, 2.45) is 0 Å². The highest BCUT2D eigenvalue weighted by Crippen LogP contribution is 2.31. The molecule has 4 rings (SSSR count). The molecule has 2 aromatic heterocycles. The molecule has 7 nitrogen and oxygen atoms in total. The molecule has 0 spiro atoms. The van der Waals surface area contributed by atoms with Gasteiger partial charge in [-0.2, -0.15) is 0 Å². The van der Waals surface area contributed by atoms with Gasteiger partial charge in [0.15, 0.2) is 0 Å². The number of nitrogens with zero attached hydrogens (tertiary/aromatic N) is 3. The van der Waals surface area contributed by atoms with Crippen LogP contribution < -0.4 is 5.56 Å². The zero-order valence-corrected chi connectivity index (χ0v) is 15.5. The Balaban J connectivity index is 1.81. The van der Waals surface area contributed by atoms with Gasteiger partial charge in [0, 0.05) is 19.5 Å². The maximum atomic E-state index is 13.0. The Bertz CT molecular complexity index is 961. The van der Waals surface area contributed by atoms with E-state index >= 15 is 0 Å². The molecule has 1 atom stereocenters. The number of carboxylic acids is 1. The van der Waals surface area contributed by atoms with E-state index in [2.05, 4.69) is 4.98 Å². The number of carbonyl (C=O) groups excluding carboxylic acids is 1. The van der Waals surface area contributed by atoms with E-state index in [-0.39, 0.29) is 11.5 Å². The van der Waals surface area contributed by atoms with Crippen LogP contribution in [0.15, 0.2) is 4.79 Å². The van der Waals surface area contributed by atoms with Crippen LogP contribution in [0.4, 0.5) is 0 Å². The highest BCUT2D eigenvalue weighted by atomic mass is 32.1. The quantitative estimate of drug-likeness (QED) is 0.868. The van der Waals surface area contributed by atoms with Crippen molar-refractivity contribution in [1.82, 2.24) is 14.5 Å². The number of thiophene rings is 1. The van der Waals surface area contributed by atoms with Crippen LogP contribution in [0.1, 0.15) is 53.2 Å². The van der Waals surface area contributed by atoms with Crippen molar-refractivity contribution < 1.29 is 14.7 Å². The minimum atomic E-state index is -0.973. The molecule has 0 radical (unpaired) electrons. The minimum absolute atomic E-state index is 0.0732. The Morgan fingerprint density at radius 1 is 1.19 bits per heavy atom. The predicted molar refractivity (Wildman–Crippen MR) is 97.9 cm³/mol. The summed E-state index contributed by atoms with van der Waals surface area (Å²) >= 11 is 1.22. The minimum Gasteiger partial charge on any atom is -0.480 e. The van der Waals surface area contributed by atoms with Crippen LogP contribution in [-0.2, 0) is 17.8 Å². The number of likely N-dealkylation sites (tertiary alicyclic amines) is 1. The lowest BCUT2D eigenvalue weighted by Crippen LogP contribution is -2.40. The van der Waals surface area contributed by atoms with Crippen LogP contribution in [-0.4, -0.2) is 44.0 Å². The van der Waals surface area contributed by atoms with E-state index in [1.54, 1.807) is 11.5 Å². The van der Waals surface area contributed by atoms with Gasteiger partial charge in [-0.15, -0.1) is 11.3 Å². The van der Waals surface area contributed by atoms with Gasteiger partial charge in [0.2, 0.25) is 0 Å². The molecule has 0 unspecified atom stereocenters. The molecule has 2 aliphatic heterocycles. The lowest BCUT2D eigenvalue weighted by atomic mass is 10.1. The summed E-state index contributed by atoms with van der Waals surface area (Å²) in [5.41, 5.74) is 0.555. The number of fused-ring (bicyclic) bond motifs is 2. The maximum absolute atomic E-state index is 13.0. The second kappa shape index (κ2) is 6.50. The molecule has 2 aromatic rings. The van der Waals surface area contributed by atoms with Gasteiger partial charge in [-0.05, 0) is 38.2 Å². The Hall–Kier alpha value is -2.22. The molecule has 8 heteroatoms. The largest absolute Gasteiger partial charge is 0.480 e. The molecule has 1 amide bonds. The Morgan fingerprint density at radius 2 is 2.00 bits per heavy atom. The molecular weight excluding hydrogens is 354 g/mol. The summed E-state index contributed by atoms with van der Waals surface area (Å²) in [5.74, 6) is -0.473. The SMILES string of the molecule is Cc1c(C(=O)N2CCC[C@H]2C(=O)O)sc2nc3n(c(=O)c12)CCCCC3. The molecule has 0 bridgehead atoms. The van der Waals surface area contributed by atoms with E-state index in [4.69, 9.17) is 0 Å². The fraction of sp³-hybridized carbons (Fsp3) is 0.556. The van der Waals surface area contributed by atoms with Gasteiger partial charge in [0.25, 0.3) is 11.5 Å². The van der Waals surface area contributed by atoms with Crippen molar-refractivity contribution in [3.05, 3.63) is 26.6 Å². The first-order valence-electron chi connectivity index (χ1n) is 9.05. The molecule has 26 heavy (non-hydrogen) atoms. The molecule has 2 aliphatic rings. The lowest BCUT2D eigenvalue weighted by molar-refractivity contribution is -0.141. The van der Waals surface area contributed by atoms with Crippen LogP contribution in [0, 0.1) is 6.92 Å². The average Bonchev–Trinajstić information content (AvgIpc) is 3.14. The third-order valence-corrected chi connectivity index (χ3v) is 6.58. The summed E-state index contributed by atoms with van der Waals surface area (Å²) in [5, 5.41) is 9.86. The number of hydrogen-bond acceptors (Lipinski definition) is 5. The molecule has 0 saturated carbocycles. The Morgan fingerprint density at radius 3 is 2.77 bits per heavy atom. The van der Waals surface area contributed by atoms with Crippen molar-refractivity contribution >= 4 is 33.4 Å². The normalized spacial score (nSPS) is 20.2. The van der Waals surface area contributed by atoms with Crippen LogP contribution in [0.3, 0.4) is 0 Å². The number of carbonyl (C=O) groups is 2. The number of aryl methyl sites for hydroxylation is 2. The van der Waals surface area contributed by atoms with E-state index in [1.807, 2.05) is 0 Å². The molecule has 1 fully saturated rings. The fourth-order valence-electron chi connectivity index (χ4n) is 4.01. The predicted octanol–water partition coefficient (Wildman–Crippen LogP) is 2.18. The number of amides is 1. The first-order valence-corrected chi connectivity index (χ1v) is 9.87. The molecule has 0 aliphatic carbocycles. The Kier molecular flexibility index (Phi) is 4.30. The molecule has 1 N–H and O–H groups in total. The van der Waals surface area contributed by atoms with Crippen molar-refractivity contribution in [2.45, 2.75) is 58.0 Å². The number of carboxylic acid groups (broad SMARTS) is 1. The van der Waals surface area contributed by atoms with Gasteiger partial charge < -0.3 is 10.0 Å². The first-order chi connectivity index (χ1) is 12.5. The maximum Gasteiger partial charge on any atom is 0.326 e. The van der Waals surface area contributed by atoms with E-state index < -0.39 is 12.0 Å². The molecule has 0 aromatic carbocycles. The van der Waals surface area contributed by atoms with Crippen molar-refractivity contribution in [1.29, 1.82) is 0 Å². The molecule has 1 saturated heterocycles. The van der Waals surface area contributed by atoms with Crippen LogP contribution in [0.25, 0.3) is 10.2 Å². The highest BCUT2D eigenvalue weighted by Gasteiger charge is 2.36. The van der Waals surface area contributed by atoms with Crippen LogP contribution in [0.2, 0.25) is 0 Å². The van der Waals surface area contributed by atoms with E-state index in [9.17, 15) is 19.5 Å². The van der Waals surface area contributed by atoms with Crippen molar-refractivity contribution in [3.8, 4) is 0 Å². The van der Waals surface area contributed by atoms with Crippen molar-refractivity contribution in [2.75, 3.05) is 6.54 Å². The smallest absolute Gasteiger partial charge is 0.326 e. The summed E-state index contributed by atoms with van der Waals surface area (Å²) < 4.78 is 1.75. The standard InChI is InChI=1S/C18H21N3O4S/c1-10-13-15(19-12-7-3-2-4-8-21(12)16(13)22)26-14(10)17(23)20-9-5-6-11(20)18(24)25/h11H,2-9H2,1H3,(H,24,25)/t11-/m0/s1. The molecule has 138 valence electrons. The van der Waals surface area contributed by atoms with Gasteiger partial charge in [0.05, 0.1) is 10.3 Å². The summed E-state index contributed by atoms with van der Waals surface area (Å²) in [7, 11) is 0. The topological polar surface area (TPSA) is 92.5 Å². The van der Waals surface area contributed by atoms with Crippen LogP contribution >= 0.6 is 11.3 Å². The number of aliphatic carboxylic acids is 1. The monoisotopic (exact) mass is 375 g/mol. The molecule has 4 heterocycles. The summed E-state index contributed by atoms with van der Waals surface area (Å²) in [6, 6.07) is -0.780. The third kappa shape index (κ3) is 2.63. The lowest BCUT2D eigenvalue weighted by Gasteiger charge is -2.20. The summed E-state index contributed by atoms with van der Waals surface area (Å²) in [6.45, 7) is 2.87. The van der Waals surface area contributed by atoms with Gasteiger partial charge in [-0.3, -0.25) is 14.2 Å². The van der Waals surface area contributed by atoms with Gasteiger partial charge in [-0.25, -0.2) is 9.78 Å². The van der Waals surface area contributed by atoms with Gasteiger partial charge >= 0.3 is 5.97 Å². The average molecular weight is 375 g/mol. The van der Waals surface area contributed by atoms with Crippen LogP contribution in [0.5, 0.6) is 0 Å². The fourth-order valence-corrected chi connectivity index (χ4v) is 5.16. The molecular formula is C18H21N3O4S. The highest BCUT2D eigenvalue weighted by molar-refractivity contribution is 7.20. The van der Waals surface area contributed by atoms with E-state index in [0.29, 0.717) is 46.6 Å². The zero-order chi connectivity index (χ0) is 18.4. The van der Waals surface area contributed by atoms with Gasteiger partial charge in [0.1, 0.15) is 16.7 Å². The van der Waals surface area contributed by atoms with Crippen molar-refractivity contribution in [3.63, 3.8) is 0 Å². The summed E-state index contributed by atoms with van der Waals surface area (Å²) in [4.78, 5) is 44.5. The van der Waals surface area contributed by atoms with E-state index in [0.717, 1.165) is 31.5 Å². The third-order valence-electron chi connectivity index (χ3n) is 5.40. The van der Waals surface area contributed by atoms with Gasteiger partial charge in [-0.1, -0.05) is 6.42 Å². The number of hydrogen-bond donors (Lipinski definition) is 1. The zero-order valence-electron chi connectivity index (χ0n) is 14.7. The second-order valence-corrected chi connectivity index (χ2v) is 8.03. The Labute approximate surface area is 154 Å². The first kappa shape index (κ1) is 17.2. The summed E-state index contributed by atoms with van der Waals surface area (Å²) in [6.07, 6.45) is 5.00. The van der Waals surface area contributed by atoms with E-state index in [1.165, 1.54) is 16.2 Å². The number of rotatable bonds is 2. The number of aromatic nitrogens is 2. The second-order valence-electron chi connectivity index (χ2n) is 7.03.